The van der Waals surface area contributed by atoms with Crippen molar-refractivity contribution in [3.05, 3.63) is 69.8 Å². The second-order valence-corrected chi connectivity index (χ2v) is 9.55. The molecule has 2 aromatic carbocycles. The van der Waals surface area contributed by atoms with Gasteiger partial charge in [-0.1, -0.05) is 49.9 Å². The number of nitro benzene ring substituents is 1. The summed E-state index contributed by atoms with van der Waals surface area (Å²) in [5.41, 5.74) is 1.74. The number of hydrogen-bond donors (Lipinski definition) is 0. The number of ether oxygens (including phenoxy) is 1. The molecular formula is C26H30N2O5S. The molecule has 0 aromatic heterocycles. The Morgan fingerprint density at radius 1 is 1.18 bits per heavy atom. The third-order valence-electron chi connectivity index (χ3n) is 5.79. The fourth-order valence-corrected chi connectivity index (χ4v) is 5.08. The number of carbonyl (C=O) groups excluding carboxylic acids is 2. The molecule has 0 bridgehead atoms. The van der Waals surface area contributed by atoms with E-state index in [1.165, 1.54) is 23.9 Å². The highest BCUT2D eigenvalue weighted by atomic mass is 32.2. The first-order valence-corrected chi connectivity index (χ1v) is 12.3. The first-order valence-electron chi connectivity index (χ1n) is 11.5. The van der Waals surface area contributed by atoms with Crippen LogP contribution in [0.1, 0.15) is 50.7 Å². The molecule has 0 atom stereocenters. The number of piperidine rings is 1. The van der Waals surface area contributed by atoms with Crippen LogP contribution < -0.4 is 0 Å². The van der Waals surface area contributed by atoms with E-state index in [1.54, 1.807) is 30.0 Å². The normalized spacial score (nSPS) is 14.5. The van der Waals surface area contributed by atoms with Crippen LogP contribution in [-0.2, 0) is 14.3 Å². The first-order chi connectivity index (χ1) is 16.3. The summed E-state index contributed by atoms with van der Waals surface area (Å²) < 4.78 is 5.06. The summed E-state index contributed by atoms with van der Waals surface area (Å²) in [7, 11) is 0. The van der Waals surface area contributed by atoms with Gasteiger partial charge in [0, 0.05) is 30.1 Å². The van der Waals surface area contributed by atoms with Gasteiger partial charge in [-0.25, -0.2) is 0 Å². The van der Waals surface area contributed by atoms with Gasteiger partial charge in [0.1, 0.15) is 0 Å². The molecule has 1 saturated heterocycles. The highest BCUT2D eigenvalue weighted by Gasteiger charge is 2.27. The van der Waals surface area contributed by atoms with Crippen molar-refractivity contribution in [2.24, 2.45) is 5.92 Å². The van der Waals surface area contributed by atoms with Crippen LogP contribution in [0.25, 0.3) is 6.08 Å². The van der Waals surface area contributed by atoms with Crippen molar-refractivity contribution in [3.63, 3.8) is 0 Å². The molecule has 34 heavy (non-hydrogen) atoms. The van der Waals surface area contributed by atoms with Crippen molar-refractivity contribution in [2.45, 2.75) is 49.3 Å². The summed E-state index contributed by atoms with van der Waals surface area (Å²) in [6.45, 7) is 7.29. The van der Waals surface area contributed by atoms with Crippen molar-refractivity contribution in [1.29, 1.82) is 0 Å². The first kappa shape index (κ1) is 25.5. The summed E-state index contributed by atoms with van der Waals surface area (Å²) in [5.74, 6) is -0.236. The van der Waals surface area contributed by atoms with E-state index in [0.717, 1.165) is 10.5 Å². The number of nitrogens with zero attached hydrogens (tertiary/aromatic N) is 2. The van der Waals surface area contributed by atoms with E-state index < -0.39 is 0 Å². The Balaban J connectivity index is 1.69. The van der Waals surface area contributed by atoms with Crippen molar-refractivity contribution in [2.75, 3.05) is 19.7 Å². The summed E-state index contributed by atoms with van der Waals surface area (Å²) >= 11 is 1.38. The highest BCUT2D eigenvalue weighted by molar-refractivity contribution is 7.99. The zero-order valence-electron chi connectivity index (χ0n) is 19.7. The van der Waals surface area contributed by atoms with Gasteiger partial charge in [0.2, 0.25) is 5.91 Å². The Morgan fingerprint density at radius 3 is 2.53 bits per heavy atom. The van der Waals surface area contributed by atoms with Crippen LogP contribution in [0.2, 0.25) is 0 Å². The minimum absolute atomic E-state index is 0.00779. The van der Waals surface area contributed by atoms with E-state index >= 15 is 0 Å². The number of nitro groups is 1. The lowest BCUT2D eigenvalue weighted by atomic mass is 9.97. The lowest BCUT2D eigenvalue weighted by molar-refractivity contribution is -0.387. The summed E-state index contributed by atoms with van der Waals surface area (Å²) in [6.07, 6.45) is 4.19. The molecular weight excluding hydrogens is 452 g/mol. The Morgan fingerprint density at radius 2 is 1.88 bits per heavy atom. The summed E-state index contributed by atoms with van der Waals surface area (Å²) in [5, 5.41) is 11.8. The second-order valence-electron chi connectivity index (χ2n) is 8.46. The number of esters is 1. The van der Waals surface area contributed by atoms with Crippen LogP contribution >= 0.6 is 11.8 Å². The molecule has 180 valence electrons. The molecule has 0 aliphatic carbocycles. The SMILES string of the molecule is CCOC(=O)C1CCN(C(=O)/C=C/c2ccc(Sc3ccccc3C(C)C)c([N+](=O)[O-])c2)CC1. The van der Waals surface area contributed by atoms with Gasteiger partial charge in [-0.15, -0.1) is 0 Å². The quantitative estimate of drug-likeness (QED) is 0.208. The number of amides is 1. The van der Waals surface area contributed by atoms with Gasteiger partial charge in [0.25, 0.3) is 5.69 Å². The molecule has 1 heterocycles. The van der Waals surface area contributed by atoms with E-state index in [4.69, 9.17) is 4.74 Å². The predicted molar refractivity (Wildman–Crippen MR) is 133 cm³/mol. The fourth-order valence-electron chi connectivity index (χ4n) is 3.90. The van der Waals surface area contributed by atoms with Crippen LogP contribution in [0.15, 0.2) is 58.3 Å². The molecule has 1 aliphatic rings. The largest absolute Gasteiger partial charge is 0.466 e. The van der Waals surface area contributed by atoms with Gasteiger partial charge in [-0.05, 0) is 55.0 Å². The average Bonchev–Trinajstić information content (AvgIpc) is 2.83. The highest BCUT2D eigenvalue weighted by Crippen LogP contribution is 2.39. The summed E-state index contributed by atoms with van der Waals surface area (Å²) in [6, 6.07) is 12.9. The van der Waals surface area contributed by atoms with Crippen LogP contribution in [0.5, 0.6) is 0 Å². The fraction of sp³-hybridized carbons (Fsp3) is 0.385. The van der Waals surface area contributed by atoms with Gasteiger partial charge in [0.15, 0.2) is 0 Å². The summed E-state index contributed by atoms with van der Waals surface area (Å²) in [4.78, 5) is 39.1. The van der Waals surface area contributed by atoms with Gasteiger partial charge in [0.05, 0.1) is 22.3 Å². The number of likely N-dealkylation sites (tertiary alicyclic amines) is 1. The molecule has 0 spiro atoms. The van der Waals surface area contributed by atoms with Crippen molar-refractivity contribution >= 4 is 35.4 Å². The van der Waals surface area contributed by atoms with Gasteiger partial charge in [-0.3, -0.25) is 19.7 Å². The maximum atomic E-state index is 12.6. The molecule has 0 radical (unpaired) electrons. The smallest absolute Gasteiger partial charge is 0.309 e. The molecule has 0 N–H and O–H groups in total. The van der Waals surface area contributed by atoms with Crippen molar-refractivity contribution in [3.8, 4) is 0 Å². The minimum atomic E-state index is -0.389. The molecule has 3 rings (SSSR count). The third-order valence-corrected chi connectivity index (χ3v) is 6.94. The van der Waals surface area contributed by atoms with Crippen LogP contribution in [-0.4, -0.2) is 41.4 Å². The third kappa shape index (κ3) is 6.47. The Bertz CT molecular complexity index is 1070. The number of hydrogen-bond acceptors (Lipinski definition) is 6. The second kappa shape index (κ2) is 11.8. The Labute approximate surface area is 204 Å². The molecule has 1 aliphatic heterocycles. The van der Waals surface area contributed by atoms with E-state index in [9.17, 15) is 19.7 Å². The maximum Gasteiger partial charge on any atom is 0.309 e. The molecule has 0 unspecified atom stereocenters. The van der Waals surface area contributed by atoms with Crippen LogP contribution in [0, 0.1) is 16.0 Å². The van der Waals surface area contributed by atoms with E-state index in [2.05, 4.69) is 13.8 Å². The minimum Gasteiger partial charge on any atom is -0.466 e. The molecule has 0 saturated carbocycles. The number of rotatable bonds is 8. The zero-order valence-corrected chi connectivity index (χ0v) is 20.5. The lowest BCUT2D eigenvalue weighted by Gasteiger charge is -2.30. The van der Waals surface area contributed by atoms with Gasteiger partial charge >= 0.3 is 5.97 Å². The topological polar surface area (TPSA) is 89.8 Å². The van der Waals surface area contributed by atoms with E-state index in [1.807, 2.05) is 24.3 Å². The number of carbonyl (C=O) groups is 2. The number of benzene rings is 2. The molecule has 1 amide bonds. The molecule has 2 aromatic rings. The van der Waals surface area contributed by atoms with Crippen LogP contribution in [0.4, 0.5) is 5.69 Å². The predicted octanol–water partition coefficient (Wildman–Crippen LogP) is 5.68. The maximum absolute atomic E-state index is 12.6. The zero-order chi connectivity index (χ0) is 24.7. The van der Waals surface area contributed by atoms with E-state index in [0.29, 0.717) is 48.9 Å². The standard InChI is InChI=1S/C26H30N2O5S/c1-4-33-26(30)20-13-15-27(16-14-20)25(29)12-10-19-9-11-24(22(17-19)28(31)32)34-23-8-6-5-7-21(23)18(2)3/h5-12,17-18,20H,4,13-16H2,1-3H3/b12-10+. The Hall–Kier alpha value is -3.13. The molecule has 7 nitrogen and oxygen atoms in total. The van der Waals surface area contributed by atoms with Gasteiger partial charge < -0.3 is 9.64 Å². The lowest BCUT2D eigenvalue weighted by Crippen LogP contribution is -2.39. The van der Waals surface area contributed by atoms with E-state index in [-0.39, 0.29) is 28.4 Å². The van der Waals surface area contributed by atoms with Crippen molar-refractivity contribution in [1.82, 2.24) is 4.90 Å². The monoisotopic (exact) mass is 482 g/mol. The Kier molecular flexibility index (Phi) is 8.87. The average molecular weight is 483 g/mol. The van der Waals surface area contributed by atoms with Gasteiger partial charge in [-0.2, -0.15) is 0 Å². The van der Waals surface area contributed by atoms with Crippen LogP contribution in [0.3, 0.4) is 0 Å². The molecule has 8 heteroatoms. The molecule has 1 fully saturated rings. The van der Waals surface area contributed by atoms with Crippen molar-refractivity contribution < 1.29 is 19.2 Å².